The normalized spacial score (nSPS) is 21.3. The van der Waals surface area contributed by atoms with Gasteiger partial charge < -0.3 is 9.64 Å². The van der Waals surface area contributed by atoms with E-state index in [2.05, 4.69) is 47.1 Å². The quantitative estimate of drug-likeness (QED) is 0.581. The van der Waals surface area contributed by atoms with Crippen molar-refractivity contribution in [2.75, 3.05) is 37.7 Å². The molecule has 4 nitrogen and oxygen atoms in total. The van der Waals surface area contributed by atoms with Gasteiger partial charge in [0.1, 0.15) is 5.82 Å². The van der Waals surface area contributed by atoms with E-state index in [-0.39, 0.29) is 11.9 Å². The second kappa shape index (κ2) is 8.90. The summed E-state index contributed by atoms with van der Waals surface area (Å²) in [7, 11) is 0. The van der Waals surface area contributed by atoms with E-state index in [9.17, 15) is 9.65 Å². The topological polar surface area (TPSA) is 39.5 Å². The molecule has 2 atom stereocenters. The van der Waals surface area contributed by atoms with Crippen LogP contribution in [0.1, 0.15) is 36.1 Å². The Bertz CT molecular complexity index is 1170. The largest absolute Gasteiger partial charge is 0.373 e. The summed E-state index contributed by atoms with van der Waals surface area (Å²) >= 11 is 0. The molecule has 0 bridgehead atoms. The van der Waals surface area contributed by atoms with Crippen molar-refractivity contribution in [3.05, 3.63) is 77.1 Å². The van der Waals surface area contributed by atoms with Crippen molar-refractivity contribution in [1.29, 1.82) is 5.26 Å². The number of nitrogens with zero attached hydrogens (tertiary/aromatic N) is 3. The van der Waals surface area contributed by atoms with Gasteiger partial charge in [-0.3, -0.25) is 4.90 Å². The van der Waals surface area contributed by atoms with E-state index in [1.54, 1.807) is 6.07 Å². The summed E-state index contributed by atoms with van der Waals surface area (Å²) in [6.45, 7) is 6.86. The number of benzene rings is 3. The smallest absolute Gasteiger partial charge is 0.123 e. The third-order valence-corrected chi connectivity index (χ3v) is 6.95. The van der Waals surface area contributed by atoms with Gasteiger partial charge in [-0.15, -0.1) is 0 Å². The summed E-state index contributed by atoms with van der Waals surface area (Å²) in [5.74, 6) is -0.309. The first-order valence-corrected chi connectivity index (χ1v) is 11.4. The van der Waals surface area contributed by atoms with Crippen LogP contribution in [0.15, 0.2) is 54.6 Å². The monoisotopic (exact) mass is 429 g/mol. The first kappa shape index (κ1) is 20.9. The van der Waals surface area contributed by atoms with E-state index in [4.69, 9.17) is 4.74 Å². The fourth-order valence-corrected chi connectivity index (χ4v) is 5.22. The SMILES string of the molecule is C[C@@H]1CN(c2ccc(C#N)c3cc(F)ccc23)CCN1CC[C@@H]1OCCc2ccccc21. The van der Waals surface area contributed by atoms with Gasteiger partial charge in [0.25, 0.3) is 0 Å². The van der Waals surface area contributed by atoms with Crippen molar-refractivity contribution in [3.63, 3.8) is 0 Å². The predicted octanol–water partition coefficient (Wildman–Crippen LogP) is 5.07. The molecule has 2 aliphatic heterocycles. The molecule has 0 spiro atoms. The maximum atomic E-state index is 13.8. The van der Waals surface area contributed by atoms with Gasteiger partial charge in [0.05, 0.1) is 24.3 Å². The lowest BCUT2D eigenvalue weighted by atomic mass is 9.95. The van der Waals surface area contributed by atoms with Gasteiger partial charge in [-0.1, -0.05) is 24.3 Å². The van der Waals surface area contributed by atoms with Crippen LogP contribution in [0.3, 0.4) is 0 Å². The number of nitriles is 1. The Kier molecular flexibility index (Phi) is 5.82. The molecule has 0 aromatic heterocycles. The fourth-order valence-electron chi connectivity index (χ4n) is 5.22. The van der Waals surface area contributed by atoms with E-state index >= 15 is 0 Å². The molecule has 0 amide bonds. The highest BCUT2D eigenvalue weighted by molar-refractivity contribution is 5.98. The first-order chi connectivity index (χ1) is 15.6. The van der Waals surface area contributed by atoms with E-state index in [0.29, 0.717) is 17.0 Å². The van der Waals surface area contributed by atoms with Crippen molar-refractivity contribution >= 4 is 16.5 Å². The van der Waals surface area contributed by atoms with Crippen molar-refractivity contribution in [1.82, 2.24) is 4.90 Å². The molecule has 0 N–H and O–H groups in total. The minimum Gasteiger partial charge on any atom is -0.373 e. The average Bonchev–Trinajstić information content (AvgIpc) is 2.82. The van der Waals surface area contributed by atoms with Crippen LogP contribution in [-0.4, -0.2) is 43.7 Å². The first-order valence-electron chi connectivity index (χ1n) is 11.4. The summed E-state index contributed by atoms with van der Waals surface area (Å²) in [6, 6.07) is 19.8. The highest BCUT2D eigenvalue weighted by atomic mass is 19.1. The highest BCUT2D eigenvalue weighted by Gasteiger charge is 2.27. The van der Waals surface area contributed by atoms with E-state index in [1.165, 1.54) is 23.3 Å². The Hall–Kier alpha value is -2.94. The highest BCUT2D eigenvalue weighted by Crippen LogP contribution is 2.33. The van der Waals surface area contributed by atoms with Crippen LogP contribution in [0, 0.1) is 17.1 Å². The lowest BCUT2D eigenvalue weighted by molar-refractivity contribution is 0.0255. The van der Waals surface area contributed by atoms with Crippen molar-refractivity contribution in [2.45, 2.75) is 31.9 Å². The van der Waals surface area contributed by atoms with Crippen LogP contribution in [0.4, 0.5) is 10.1 Å². The average molecular weight is 430 g/mol. The zero-order valence-electron chi connectivity index (χ0n) is 18.4. The van der Waals surface area contributed by atoms with Crippen molar-refractivity contribution in [3.8, 4) is 6.07 Å². The minimum atomic E-state index is -0.309. The molecule has 32 heavy (non-hydrogen) atoms. The van der Waals surface area contributed by atoms with Gasteiger partial charge in [0.2, 0.25) is 0 Å². The second-order valence-corrected chi connectivity index (χ2v) is 8.86. The zero-order valence-corrected chi connectivity index (χ0v) is 18.4. The van der Waals surface area contributed by atoms with E-state index < -0.39 is 0 Å². The molecule has 1 fully saturated rings. The van der Waals surface area contributed by atoms with Crippen molar-refractivity contribution < 1.29 is 9.13 Å². The Morgan fingerprint density at radius 1 is 1.09 bits per heavy atom. The van der Waals surface area contributed by atoms with Crippen LogP contribution < -0.4 is 4.90 Å². The van der Waals surface area contributed by atoms with Gasteiger partial charge in [0.15, 0.2) is 0 Å². The lowest BCUT2D eigenvalue weighted by Gasteiger charge is -2.42. The number of hydrogen-bond acceptors (Lipinski definition) is 4. The summed E-state index contributed by atoms with van der Waals surface area (Å²) in [4.78, 5) is 4.91. The molecule has 0 unspecified atom stereocenters. The molecular weight excluding hydrogens is 401 g/mol. The maximum absolute atomic E-state index is 13.8. The Labute approximate surface area is 188 Å². The van der Waals surface area contributed by atoms with Gasteiger partial charge in [-0.05, 0) is 61.2 Å². The van der Waals surface area contributed by atoms with Gasteiger partial charge in [-0.2, -0.15) is 5.26 Å². The standard InChI is InChI=1S/C27H28FN3O/c1-19-18-31(26-9-6-21(17-29)25-16-22(28)7-8-24(25)26)14-13-30(19)12-10-27-23-5-3-2-4-20(23)11-15-32-27/h2-9,16,19,27H,10-15,18H2,1H3/t19-,27+/m1/s1. The molecule has 0 aliphatic carbocycles. The number of hydrogen-bond donors (Lipinski definition) is 0. The fraction of sp³-hybridized carbons (Fsp3) is 0.370. The second-order valence-electron chi connectivity index (χ2n) is 8.86. The molecule has 5 heteroatoms. The molecule has 1 saturated heterocycles. The Morgan fingerprint density at radius 3 is 2.81 bits per heavy atom. The van der Waals surface area contributed by atoms with E-state index in [1.807, 2.05) is 12.1 Å². The summed E-state index contributed by atoms with van der Waals surface area (Å²) < 4.78 is 19.9. The predicted molar refractivity (Wildman–Crippen MR) is 125 cm³/mol. The number of anilines is 1. The van der Waals surface area contributed by atoms with Gasteiger partial charge >= 0.3 is 0 Å². The Balaban J connectivity index is 1.28. The van der Waals surface area contributed by atoms with Crippen LogP contribution in [0.25, 0.3) is 10.8 Å². The van der Waals surface area contributed by atoms with Gasteiger partial charge in [0, 0.05) is 48.7 Å². The van der Waals surface area contributed by atoms with Gasteiger partial charge in [-0.25, -0.2) is 4.39 Å². The van der Waals surface area contributed by atoms with E-state index in [0.717, 1.165) is 56.7 Å². The van der Waals surface area contributed by atoms with Crippen molar-refractivity contribution in [2.24, 2.45) is 0 Å². The molecule has 2 aliphatic rings. The third kappa shape index (κ3) is 3.97. The maximum Gasteiger partial charge on any atom is 0.123 e. The molecule has 2 heterocycles. The number of piperazine rings is 1. The Morgan fingerprint density at radius 2 is 1.97 bits per heavy atom. The third-order valence-electron chi connectivity index (χ3n) is 6.95. The molecule has 3 aromatic rings. The zero-order chi connectivity index (χ0) is 22.1. The van der Waals surface area contributed by atoms with Crippen LogP contribution in [-0.2, 0) is 11.2 Å². The van der Waals surface area contributed by atoms with Crippen LogP contribution in [0.2, 0.25) is 0 Å². The molecule has 5 rings (SSSR count). The number of fused-ring (bicyclic) bond motifs is 2. The minimum absolute atomic E-state index is 0.183. The lowest BCUT2D eigenvalue weighted by Crippen LogP contribution is -2.52. The summed E-state index contributed by atoms with van der Waals surface area (Å²) in [6.07, 6.45) is 2.19. The number of halogens is 1. The molecule has 3 aromatic carbocycles. The molecule has 0 saturated carbocycles. The molecule has 164 valence electrons. The summed E-state index contributed by atoms with van der Waals surface area (Å²) in [5, 5.41) is 11.1. The van der Waals surface area contributed by atoms with Crippen LogP contribution >= 0.6 is 0 Å². The number of rotatable bonds is 4. The number of ether oxygens (including phenoxy) is 1. The summed E-state index contributed by atoms with van der Waals surface area (Å²) in [5.41, 5.74) is 4.37. The molecular formula is C27H28FN3O. The molecule has 0 radical (unpaired) electrons. The van der Waals surface area contributed by atoms with Crippen LogP contribution in [0.5, 0.6) is 0 Å².